The highest BCUT2D eigenvalue weighted by Crippen LogP contribution is 2.19. The van der Waals surface area contributed by atoms with E-state index < -0.39 is 10.8 Å². The van der Waals surface area contributed by atoms with Crippen LogP contribution in [0.3, 0.4) is 0 Å². The Balaban J connectivity index is 2.84. The Kier molecular flexibility index (Phi) is 5.17. The van der Waals surface area contributed by atoms with Crippen LogP contribution in [0.2, 0.25) is 0 Å². The van der Waals surface area contributed by atoms with E-state index in [0.717, 1.165) is 6.07 Å². The first-order valence-electron chi connectivity index (χ1n) is 5.06. The topological polar surface area (TPSA) is 94.4 Å². The van der Waals surface area contributed by atoms with Crippen LogP contribution in [0.4, 0.5) is 5.82 Å². The van der Waals surface area contributed by atoms with Gasteiger partial charge in [0, 0.05) is 19.7 Å². The van der Waals surface area contributed by atoms with Crippen molar-refractivity contribution in [3.63, 3.8) is 0 Å². The van der Waals surface area contributed by atoms with Crippen LogP contribution in [0, 0.1) is 10.1 Å². The van der Waals surface area contributed by atoms with Gasteiger partial charge in [0.25, 0.3) is 5.91 Å². The summed E-state index contributed by atoms with van der Waals surface area (Å²) in [6.45, 7) is 2.11. The molecule has 0 saturated carbocycles. The minimum atomic E-state index is -0.652. The minimum absolute atomic E-state index is 0.135. The predicted molar refractivity (Wildman–Crippen MR) is 67.4 cm³/mol. The minimum Gasteiger partial charge on any atom is -0.380 e. The average molecular weight is 318 g/mol. The molecule has 8 heteroatoms. The quantitative estimate of drug-likeness (QED) is 0.656. The molecule has 1 heterocycles. The van der Waals surface area contributed by atoms with Crippen molar-refractivity contribution in [1.82, 2.24) is 10.3 Å². The molecule has 7 nitrogen and oxygen atoms in total. The lowest BCUT2D eigenvalue weighted by Gasteiger charge is -2.10. The highest BCUT2D eigenvalue weighted by atomic mass is 79.9. The van der Waals surface area contributed by atoms with Gasteiger partial charge in [-0.3, -0.25) is 4.79 Å². The SMILES string of the molecule is COC(C)CNC(=O)c1cc([N+](=O)[O-])ncc1Br. The number of hydrogen-bond acceptors (Lipinski definition) is 5. The van der Waals surface area contributed by atoms with E-state index in [4.69, 9.17) is 4.74 Å². The van der Waals surface area contributed by atoms with E-state index in [1.807, 2.05) is 0 Å². The Morgan fingerprint density at radius 1 is 1.72 bits per heavy atom. The van der Waals surface area contributed by atoms with E-state index in [9.17, 15) is 14.9 Å². The maximum Gasteiger partial charge on any atom is 0.364 e. The number of halogens is 1. The smallest absolute Gasteiger partial charge is 0.364 e. The first-order valence-corrected chi connectivity index (χ1v) is 5.86. The molecular weight excluding hydrogens is 306 g/mol. The molecule has 1 N–H and O–H groups in total. The number of methoxy groups -OCH3 is 1. The third kappa shape index (κ3) is 3.74. The number of pyridine rings is 1. The normalized spacial score (nSPS) is 11.9. The summed E-state index contributed by atoms with van der Waals surface area (Å²) in [6, 6.07) is 1.12. The number of carbonyl (C=O) groups excluding carboxylic acids is 1. The number of carbonyl (C=O) groups is 1. The van der Waals surface area contributed by atoms with Gasteiger partial charge in [0.05, 0.1) is 16.1 Å². The molecule has 1 amide bonds. The zero-order chi connectivity index (χ0) is 13.7. The number of nitrogens with one attached hydrogen (secondary N) is 1. The number of ether oxygens (including phenoxy) is 1. The van der Waals surface area contributed by atoms with Crippen LogP contribution in [-0.2, 0) is 4.74 Å². The lowest BCUT2D eigenvalue weighted by Crippen LogP contribution is -2.31. The Bertz CT molecular complexity index is 466. The molecule has 0 bridgehead atoms. The maximum absolute atomic E-state index is 11.8. The van der Waals surface area contributed by atoms with E-state index in [-0.39, 0.29) is 17.5 Å². The summed E-state index contributed by atoms with van der Waals surface area (Å²) in [7, 11) is 1.53. The molecule has 1 aromatic heterocycles. The van der Waals surface area contributed by atoms with Crippen molar-refractivity contribution in [1.29, 1.82) is 0 Å². The second kappa shape index (κ2) is 6.41. The lowest BCUT2D eigenvalue weighted by atomic mass is 10.2. The van der Waals surface area contributed by atoms with Crippen molar-refractivity contribution >= 4 is 27.7 Å². The number of amides is 1. The van der Waals surface area contributed by atoms with Crippen molar-refractivity contribution in [2.45, 2.75) is 13.0 Å². The summed E-state index contributed by atoms with van der Waals surface area (Å²) in [5.74, 6) is -0.792. The van der Waals surface area contributed by atoms with Gasteiger partial charge >= 0.3 is 5.82 Å². The van der Waals surface area contributed by atoms with E-state index >= 15 is 0 Å². The lowest BCUT2D eigenvalue weighted by molar-refractivity contribution is -0.389. The first-order chi connectivity index (χ1) is 8.45. The van der Waals surface area contributed by atoms with E-state index in [0.29, 0.717) is 11.0 Å². The van der Waals surface area contributed by atoms with Crippen LogP contribution >= 0.6 is 15.9 Å². The van der Waals surface area contributed by atoms with Gasteiger partial charge in [-0.25, -0.2) is 0 Å². The molecule has 0 aromatic carbocycles. The summed E-state index contributed by atoms with van der Waals surface area (Å²) in [4.78, 5) is 25.3. The van der Waals surface area contributed by atoms with Crippen LogP contribution in [0.25, 0.3) is 0 Å². The number of hydrogen-bond donors (Lipinski definition) is 1. The highest BCUT2D eigenvalue weighted by molar-refractivity contribution is 9.10. The fraction of sp³-hybridized carbons (Fsp3) is 0.400. The molecule has 1 unspecified atom stereocenters. The third-order valence-corrected chi connectivity index (χ3v) is 2.86. The Morgan fingerprint density at radius 2 is 2.39 bits per heavy atom. The molecule has 0 aliphatic carbocycles. The summed E-state index contributed by atoms with van der Waals surface area (Å²) in [5, 5.41) is 13.2. The first kappa shape index (κ1) is 14.5. The van der Waals surface area contributed by atoms with Gasteiger partial charge in [-0.05, 0) is 32.8 Å². The maximum atomic E-state index is 11.8. The fourth-order valence-electron chi connectivity index (χ4n) is 1.12. The molecule has 0 fully saturated rings. The standard InChI is InChI=1S/C10H12BrN3O4/c1-6(18-2)4-13-10(15)7-3-9(14(16)17)12-5-8(7)11/h3,5-6H,4H2,1-2H3,(H,13,15). The third-order valence-electron chi connectivity index (χ3n) is 2.23. The van der Waals surface area contributed by atoms with Crippen LogP contribution in [0.1, 0.15) is 17.3 Å². The van der Waals surface area contributed by atoms with Gasteiger partial charge in [0.15, 0.2) is 6.20 Å². The second-order valence-corrected chi connectivity index (χ2v) is 4.39. The fourth-order valence-corrected chi connectivity index (χ4v) is 1.51. The van der Waals surface area contributed by atoms with Crippen molar-refractivity contribution in [3.05, 3.63) is 32.4 Å². The van der Waals surface area contributed by atoms with Gasteiger partial charge in [0.2, 0.25) is 0 Å². The highest BCUT2D eigenvalue weighted by Gasteiger charge is 2.17. The zero-order valence-corrected chi connectivity index (χ0v) is 11.4. The molecule has 0 aliphatic rings. The molecule has 1 rings (SSSR count). The van der Waals surface area contributed by atoms with E-state index in [1.165, 1.54) is 13.3 Å². The van der Waals surface area contributed by atoms with Crippen molar-refractivity contribution in [3.8, 4) is 0 Å². The zero-order valence-electron chi connectivity index (χ0n) is 9.84. The van der Waals surface area contributed by atoms with Gasteiger partial charge in [0.1, 0.15) is 0 Å². The monoisotopic (exact) mass is 317 g/mol. The Labute approximate surface area is 112 Å². The molecule has 0 radical (unpaired) electrons. The van der Waals surface area contributed by atoms with Gasteiger partial charge in [-0.15, -0.1) is 0 Å². The second-order valence-electron chi connectivity index (χ2n) is 3.54. The summed E-state index contributed by atoms with van der Waals surface area (Å²) in [6.07, 6.45) is 1.09. The molecule has 0 spiro atoms. The molecule has 18 heavy (non-hydrogen) atoms. The molecule has 0 saturated heterocycles. The number of aromatic nitrogens is 1. The van der Waals surface area contributed by atoms with Crippen molar-refractivity contribution < 1.29 is 14.5 Å². The molecular formula is C10H12BrN3O4. The summed E-state index contributed by atoms with van der Waals surface area (Å²) < 4.78 is 5.38. The van der Waals surface area contributed by atoms with Crippen molar-refractivity contribution in [2.75, 3.05) is 13.7 Å². The van der Waals surface area contributed by atoms with Gasteiger partial charge in [-0.1, -0.05) is 0 Å². The number of nitro groups is 1. The number of rotatable bonds is 5. The molecule has 0 aliphatic heterocycles. The van der Waals surface area contributed by atoms with Crippen LogP contribution in [-0.4, -0.2) is 35.6 Å². The summed E-state index contributed by atoms with van der Waals surface area (Å²) >= 11 is 3.13. The van der Waals surface area contributed by atoms with Crippen LogP contribution < -0.4 is 5.32 Å². The molecule has 1 atom stereocenters. The van der Waals surface area contributed by atoms with E-state index in [1.54, 1.807) is 6.92 Å². The van der Waals surface area contributed by atoms with Crippen LogP contribution in [0.5, 0.6) is 0 Å². The van der Waals surface area contributed by atoms with E-state index in [2.05, 4.69) is 26.2 Å². The Hall–Kier alpha value is -1.54. The largest absolute Gasteiger partial charge is 0.380 e. The van der Waals surface area contributed by atoms with Gasteiger partial charge < -0.3 is 20.2 Å². The predicted octanol–water partition coefficient (Wildman–Crippen LogP) is 1.52. The van der Waals surface area contributed by atoms with Gasteiger partial charge in [-0.2, -0.15) is 0 Å². The molecule has 98 valence electrons. The van der Waals surface area contributed by atoms with Crippen LogP contribution in [0.15, 0.2) is 16.7 Å². The Morgan fingerprint density at radius 3 is 2.94 bits per heavy atom. The summed E-state index contributed by atoms with van der Waals surface area (Å²) in [5.41, 5.74) is 0.167. The molecule has 1 aromatic rings. The number of nitrogens with zero attached hydrogens (tertiary/aromatic N) is 2. The van der Waals surface area contributed by atoms with Crippen molar-refractivity contribution in [2.24, 2.45) is 0 Å². The average Bonchev–Trinajstić information content (AvgIpc) is 2.35.